The van der Waals surface area contributed by atoms with Gasteiger partial charge in [-0.05, 0) is 5.75 Å². The maximum absolute atomic E-state index is 9.44. The fourth-order valence-corrected chi connectivity index (χ4v) is 0.112. The van der Waals surface area contributed by atoms with Crippen LogP contribution in [0.15, 0.2) is 0 Å². The maximum atomic E-state index is 9.44. The fourth-order valence-electron chi connectivity index (χ4n) is 0.0373. The van der Waals surface area contributed by atoms with Gasteiger partial charge in [0.05, 0.1) is 0 Å². The average molecular weight is 193 g/mol. The summed E-state index contributed by atoms with van der Waals surface area (Å²) in [4.78, 5) is 9.44. The minimum atomic E-state index is -0.506. The number of nitrogens with two attached hydrogens (primary N) is 1. The zero-order valence-corrected chi connectivity index (χ0v) is 7.53. The van der Waals surface area contributed by atoms with Crippen molar-refractivity contribution in [3.8, 4) is 0 Å². The van der Waals surface area contributed by atoms with Crippen LogP contribution < -0.4 is 5.73 Å². The van der Waals surface area contributed by atoms with E-state index in [9.17, 15) is 4.79 Å². The summed E-state index contributed by atoms with van der Waals surface area (Å²) in [5.74, 6) is 0.378. The van der Waals surface area contributed by atoms with Crippen molar-refractivity contribution in [1.29, 1.82) is 0 Å². The molecule has 39 valence electrons. The zero-order valence-electron chi connectivity index (χ0n) is 3.79. The molecule has 0 fully saturated rings. The summed E-state index contributed by atoms with van der Waals surface area (Å²) in [7, 11) is 0. The molecule has 2 nitrogen and oxygen atoms in total. The topological polar surface area (TPSA) is 43.1 Å². The molecule has 7 heavy (non-hydrogen) atoms. The number of rotatable bonds is 2. The summed E-state index contributed by atoms with van der Waals surface area (Å²) in [6, 6.07) is -0.506. The van der Waals surface area contributed by atoms with E-state index in [1.165, 1.54) is 0 Å². The van der Waals surface area contributed by atoms with Gasteiger partial charge < -0.3 is 10.5 Å². The molecule has 0 spiro atoms. The molecule has 1 atom stereocenters. The molecule has 4 heteroatoms. The summed E-state index contributed by atoms with van der Waals surface area (Å²) >= 11 is 3.71. The van der Waals surface area contributed by atoms with Crippen molar-refractivity contribution in [1.82, 2.24) is 0 Å². The van der Waals surface area contributed by atoms with Gasteiger partial charge in [-0.2, -0.15) is 12.6 Å². The molecule has 0 bridgehead atoms. The molecule has 0 aromatic carbocycles. The standard InChI is InChI=1S/C3H6NOS.Y/c4-3(1-5)2-6;/h3,6H,2,4H2;/q-1;. The second-order valence-corrected chi connectivity index (χ2v) is 1.27. The Balaban J connectivity index is 0. The van der Waals surface area contributed by atoms with Gasteiger partial charge in [-0.1, -0.05) is 6.04 Å². The third kappa shape index (κ3) is 7.08. The van der Waals surface area contributed by atoms with Crippen molar-refractivity contribution in [2.24, 2.45) is 5.73 Å². The molecule has 0 amide bonds. The minimum Gasteiger partial charge on any atom is -0.540 e. The van der Waals surface area contributed by atoms with Crippen molar-refractivity contribution in [2.45, 2.75) is 6.04 Å². The van der Waals surface area contributed by atoms with E-state index in [0.29, 0.717) is 5.75 Å². The normalized spacial score (nSPS) is 11.7. The third-order valence-electron chi connectivity index (χ3n) is 0.348. The molecular formula is C3H6NOSY-. The van der Waals surface area contributed by atoms with E-state index in [2.05, 4.69) is 12.6 Å². The van der Waals surface area contributed by atoms with E-state index < -0.39 is 6.04 Å². The Hall–Kier alpha value is 1.08. The SMILES string of the molecule is NC([C-]=O)CS.[Y]. The van der Waals surface area contributed by atoms with Gasteiger partial charge in [0.15, 0.2) is 0 Å². The molecule has 0 saturated carbocycles. The molecule has 0 heterocycles. The Morgan fingerprint density at radius 2 is 2.29 bits per heavy atom. The molecule has 1 unspecified atom stereocenters. The van der Waals surface area contributed by atoms with Crippen LogP contribution in [0.25, 0.3) is 0 Å². The first-order valence-corrected chi connectivity index (χ1v) is 2.18. The Labute approximate surface area is 73.5 Å². The first-order valence-electron chi connectivity index (χ1n) is 1.55. The van der Waals surface area contributed by atoms with Gasteiger partial charge >= 0.3 is 0 Å². The zero-order chi connectivity index (χ0) is 4.99. The van der Waals surface area contributed by atoms with Crippen molar-refractivity contribution in [3.05, 3.63) is 0 Å². The molecule has 1 radical (unpaired) electrons. The fraction of sp³-hybridized carbons (Fsp3) is 0.667. The van der Waals surface area contributed by atoms with Gasteiger partial charge in [-0.25, -0.2) is 6.29 Å². The van der Waals surface area contributed by atoms with Crippen LogP contribution in [0.3, 0.4) is 0 Å². The summed E-state index contributed by atoms with van der Waals surface area (Å²) in [6.45, 7) is 0. The molecule has 2 N–H and O–H groups in total. The number of carbonyl (C=O) groups excluding carboxylic acids is 1. The van der Waals surface area contributed by atoms with Crippen LogP contribution in [-0.4, -0.2) is 18.1 Å². The van der Waals surface area contributed by atoms with E-state index in [0.717, 1.165) is 0 Å². The molecule has 0 aromatic rings. The second kappa shape index (κ2) is 7.08. The Morgan fingerprint density at radius 1 is 1.86 bits per heavy atom. The first-order chi connectivity index (χ1) is 2.81. The largest absolute Gasteiger partial charge is 0.540 e. The van der Waals surface area contributed by atoms with Crippen LogP contribution in [0.4, 0.5) is 0 Å². The predicted octanol–water partition coefficient (Wildman–Crippen LogP) is -0.649. The molecular weight excluding hydrogens is 187 g/mol. The number of hydrogen-bond acceptors (Lipinski definition) is 3. The van der Waals surface area contributed by atoms with Crippen LogP contribution >= 0.6 is 12.6 Å². The average Bonchev–Trinajstić information content (AvgIpc) is 1.65. The van der Waals surface area contributed by atoms with Gasteiger partial charge in [0.25, 0.3) is 0 Å². The van der Waals surface area contributed by atoms with Crippen molar-refractivity contribution in [3.63, 3.8) is 0 Å². The Bertz CT molecular complexity index is 52.2. The van der Waals surface area contributed by atoms with Crippen LogP contribution in [0.5, 0.6) is 0 Å². The maximum Gasteiger partial charge on any atom is 0 e. The van der Waals surface area contributed by atoms with Crippen LogP contribution in [0.1, 0.15) is 0 Å². The summed E-state index contributed by atoms with van der Waals surface area (Å²) < 4.78 is 0. The van der Waals surface area contributed by atoms with Crippen molar-refractivity contribution in [2.75, 3.05) is 5.75 Å². The van der Waals surface area contributed by atoms with Crippen LogP contribution in [0.2, 0.25) is 0 Å². The van der Waals surface area contributed by atoms with Gasteiger partial charge in [0.2, 0.25) is 0 Å². The van der Waals surface area contributed by atoms with E-state index >= 15 is 0 Å². The molecule has 0 aliphatic heterocycles. The molecule has 0 aromatic heterocycles. The minimum absolute atomic E-state index is 0. The molecule has 0 saturated heterocycles. The first kappa shape index (κ1) is 11.0. The summed E-state index contributed by atoms with van der Waals surface area (Å²) in [5.41, 5.74) is 4.97. The predicted molar refractivity (Wildman–Crippen MR) is 27.5 cm³/mol. The molecule has 0 rings (SSSR count). The quantitative estimate of drug-likeness (QED) is 0.452. The van der Waals surface area contributed by atoms with Gasteiger partial charge in [-0.15, -0.1) is 0 Å². The third-order valence-corrected chi connectivity index (χ3v) is 0.741. The van der Waals surface area contributed by atoms with Gasteiger partial charge in [0.1, 0.15) is 0 Å². The Kier molecular flexibility index (Phi) is 11.1. The smallest absolute Gasteiger partial charge is 0 e. The van der Waals surface area contributed by atoms with Crippen LogP contribution in [-0.2, 0) is 37.5 Å². The summed E-state index contributed by atoms with van der Waals surface area (Å²) in [5, 5.41) is 0. The number of thiol groups is 1. The number of hydrogen-bond donors (Lipinski definition) is 2. The second-order valence-electron chi connectivity index (χ2n) is 0.907. The van der Waals surface area contributed by atoms with Gasteiger partial charge in [-0.3, -0.25) is 0 Å². The van der Waals surface area contributed by atoms with Crippen molar-refractivity contribution >= 4 is 18.9 Å². The monoisotopic (exact) mass is 193 g/mol. The molecule has 0 aliphatic carbocycles. The van der Waals surface area contributed by atoms with E-state index in [4.69, 9.17) is 5.73 Å². The van der Waals surface area contributed by atoms with Gasteiger partial charge in [0, 0.05) is 32.7 Å². The molecule has 0 aliphatic rings. The Morgan fingerprint density at radius 3 is 2.29 bits per heavy atom. The van der Waals surface area contributed by atoms with Crippen molar-refractivity contribution < 1.29 is 37.5 Å². The van der Waals surface area contributed by atoms with E-state index in [1.54, 1.807) is 6.29 Å². The van der Waals surface area contributed by atoms with Crippen LogP contribution in [0, 0.1) is 0 Å². The van der Waals surface area contributed by atoms with E-state index in [1.807, 2.05) is 0 Å². The summed E-state index contributed by atoms with van der Waals surface area (Å²) in [6.07, 6.45) is 1.57. The van der Waals surface area contributed by atoms with E-state index in [-0.39, 0.29) is 32.7 Å².